The number of aliphatic carboxylic acids is 1. The summed E-state index contributed by atoms with van der Waals surface area (Å²) in [4.78, 5) is 56.0. The van der Waals surface area contributed by atoms with Crippen LogP contribution in [-0.4, -0.2) is 87.3 Å². The number of nitrogens with two attached hydrogens (primary N) is 1. The van der Waals surface area contributed by atoms with Crippen LogP contribution >= 0.6 is 0 Å². The third-order valence-electron chi connectivity index (χ3n) is 8.03. The number of hydrogen-bond acceptors (Lipinski definition) is 9. The number of ether oxygens (including phenoxy) is 2. The minimum Gasteiger partial charge on any atom is -0.480 e. The van der Waals surface area contributed by atoms with Gasteiger partial charge in [0.15, 0.2) is 0 Å². The molecule has 2 aliphatic rings. The van der Waals surface area contributed by atoms with Gasteiger partial charge in [0, 0.05) is 36.9 Å². The van der Waals surface area contributed by atoms with Crippen molar-refractivity contribution in [1.29, 1.82) is 0 Å². The predicted octanol–water partition coefficient (Wildman–Crippen LogP) is 1.23. The minimum absolute atomic E-state index is 0.0256. The van der Waals surface area contributed by atoms with Gasteiger partial charge in [0.25, 0.3) is 0 Å². The lowest BCUT2D eigenvalue weighted by atomic mass is 9.98. The van der Waals surface area contributed by atoms with Gasteiger partial charge in [-0.25, -0.2) is 9.78 Å². The van der Waals surface area contributed by atoms with E-state index in [2.05, 4.69) is 22.2 Å². The lowest BCUT2D eigenvalue weighted by molar-refractivity contribution is -0.158. The first-order chi connectivity index (χ1) is 19.6. The summed E-state index contributed by atoms with van der Waals surface area (Å²) in [6.07, 6.45) is 6.61. The largest absolute Gasteiger partial charge is 0.480 e. The van der Waals surface area contributed by atoms with Crippen molar-refractivity contribution in [2.45, 2.75) is 88.2 Å². The molecule has 5 unspecified atom stereocenters. The van der Waals surface area contributed by atoms with Gasteiger partial charge in [-0.3, -0.25) is 14.4 Å². The van der Waals surface area contributed by atoms with Crippen molar-refractivity contribution in [1.82, 2.24) is 19.8 Å². The number of piperidine rings is 1. The van der Waals surface area contributed by atoms with E-state index >= 15 is 0 Å². The number of carboxylic acid groups (broad SMARTS) is 1. The van der Waals surface area contributed by atoms with E-state index in [0.29, 0.717) is 23.3 Å². The molecule has 4 rings (SSSR count). The van der Waals surface area contributed by atoms with Crippen LogP contribution in [0.1, 0.15) is 56.2 Å². The standard InChI is InChI=1S/C29H39N5O7/c1-18(30)27(36)32-25(28(37)38)14-22-15-31-17-34(22)11-10-26(35)40-16-24(19-6-4-3-5-7-19)29(39)41-23-12-20-8-9-21(13-23)33(20)2/h3-7,15,17-18,20-21,23-25H,8-14,16,30H2,1-2H3,(H,32,36)(H,37,38). The van der Waals surface area contributed by atoms with Crippen molar-refractivity contribution in [2.24, 2.45) is 5.73 Å². The zero-order valence-electron chi connectivity index (χ0n) is 23.5. The third kappa shape index (κ3) is 7.92. The Morgan fingerprint density at radius 2 is 1.83 bits per heavy atom. The number of nitrogens with zero attached hydrogens (tertiary/aromatic N) is 3. The number of fused-ring (bicyclic) bond motifs is 2. The van der Waals surface area contributed by atoms with E-state index in [1.165, 1.54) is 19.4 Å². The zero-order valence-corrected chi connectivity index (χ0v) is 23.5. The topological polar surface area (TPSA) is 166 Å². The van der Waals surface area contributed by atoms with E-state index in [-0.39, 0.29) is 32.1 Å². The number of aryl methyl sites for hydroxylation is 1. The van der Waals surface area contributed by atoms with Gasteiger partial charge in [0.1, 0.15) is 24.7 Å². The lowest BCUT2D eigenvalue weighted by Gasteiger charge is -2.36. The average Bonchev–Trinajstić information content (AvgIpc) is 3.45. The van der Waals surface area contributed by atoms with E-state index in [4.69, 9.17) is 15.2 Å². The van der Waals surface area contributed by atoms with Crippen molar-refractivity contribution in [3.8, 4) is 0 Å². The first-order valence-corrected chi connectivity index (χ1v) is 14.0. The van der Waals surface area contributed by atoms with Crippen LogP contribution in [0.25, 0.3) is 0 Å². The number of carbonyl (C=O) groups excluding carboxylic acids is 3. The molecular weight excluding hydrogens is 530 g/mol. The van der Waals surface area contributed by atoms with Crippen LogP contribution in [0.3, 0.4) is 0 Å². The number of hydrogen-bond donors (Lipinski definition) is 3. The van der Waals surface area contributed by atoms with Crippen molar-refractivity contribution < 1.29 is 33.8 Å². The molecule has 2 saturated heterocycles. The maximum absolute atomic E-state index is 13.3. The van der Waals surface area contributed by atoms with Crippen LogP contribution in [-0.2, 0) is 41.6 Å². The maximum Gasteiger partial charge on any atom is 0.326 e. The van der Waals surface area contributed by atoms with Gasteiger partial charge in [-0.05, 0) is 45.2 Å². The normalized spacial score (nSPS) is 22.4. The molecule has 12 nitrogen and oxygen atoms in total. The molecular formula is C29H39N5O7. The Bertz CT molecular complexity index is 1200. The molecule has 41 heavy (non-hydrogen) atoms. The van der Waals surface area contributed by atoms with Crippen molar-refractivity contribution >= 4 is 23.8 Å². The quantitative estimate of drug-likeness (QED) is 0.299. The first kappa shape index (κ1) is 30.2. The fourth-order valence-electron chi connectivity index (χ4n) is 5.58. The molecule has 0 saturated carbocycles. The Balaban J connectivity index is 1.32. The van der Waals surface area contributed by atoms with Crippen LogP contribution in [0, 0.1) is 0 Å². The summed E-state index contributed by atoms with van der Waals surface area (Å²) in [6, 6.07) is 7.95. The molecule has 1 aromatic carbocycles. The Morgan fingerprint density at radius 1 is 1.15 bits per heavy atom. The highest BCUT2D eigenvalue weighted by Gasteiger charge is 2.40. The Hall–Kier alpha value is -3.77. The number of benzene rings is 1. The average molecular weight is 570 g/mol. The summed E-state index contributed by atoms with van der Waals surface area (Å²) in [5, 5.41) is 11.9. The highest BCUT2D eigenvalue weighted by Crippen LogP contribution is 2.36. The van der Waals surface area contributed by atoms with E-state index in [1.54, 1.807) is 4.57 Å². The monoisotopic (exact) mass is 569 g/mol. The highest BCUT2D eigenvalue weighted by atomic mass is 16.6. The van der Waals surface area contributed by atoms with Gasteiger partial charge in [-0.15, -0.1) is 0 Å². The molecule has 12 heteroatoms. The summed E-state index contributed by atoms with van der Waals surface area (Å²) in [5.41, 5.74) is 6.77. The van der Waals surface area contributed by atoms with E-state index in [1.807, 2.05) is 30.3 Å². The molecule has 0 aliphatic carbocycles. The van der Waals surface area contributed by atoms with Gasteiger partial charge < -0.3 is 35.1 Å². The summed E-state index contributed by atoms with van der Waals surface area (Å²) in [7, 11) is 2.13. The molecule has 222 valence electrons. The van der Waals surface area contributed by atoms with Crippen molar-refractivity contribution in [2.75, 3.05) is 13.7 Å². The second-order valence-electron chi connectivity index (χ2n) is 10.9. The third-order valence-corrected chi connectivity index (χ3v) is 8.03. The second-order valence-corrected chi connectivity index (χ2v) is 10.9. The predicted molar refractivity (Wildman–Crippen MR) is 148 cm³/mol. The molecule has 0 spiro atoms. The molecule has 5 atom stereocenters. The van der Waals surface area contributed by atoms with E-state index in [9.17, 15) is 24.3 Å². The van der Waals surface area contributed by atoms with Gasteiger partial charge in [0.05, 0.1) is 18.8 Å². The van der Waals surface area contributed by atoms with Crippen LogP contribution in [0.5, 0.6) is 0 Å². The highest BCUT2D eigenvalue weighted by molar-refractivity contribution is 5.86. The number of esters is 2. The van der Waals surface area contributed by atoms with E-state index in [0.717, 1.165) is 25.7 Å². The zero-order chi connectivity index (χ0) is 29.5. The molecule has 4 N–H and O–H groups in total. The van der Waals surface area contributed by atoms with Crippen molar-refractivity contribution in [3.63, 3.8) is 0 Å². The van der Waals surface area contributed by atoms with E-state index < -0.39 is 41.8 Å². The number of nitrogens with one attached hydrogen (secondary N) is 1. The van der Waals surface area contributed by atoms with Crippen LogP contribution in [0.15, 0.2) is 42.9 Å². The molecule has 2 bridgehead atoms. The summed E-state index contributed by atoms with van der Waals surface area (Å²) in [6.45, 7) is 1.49. The van der Waals surface area contributed by atoms with Gasteiger partial charge >= 0.3 is 17.9 Å². The first-order valence-electron chi connectivity index (χ1n) is 14.0. The minimum atomic E-state index is -1.21. The van der Waals surface area contributed by atoms with Crippen LogP contribution < -0.4 is 11.1 Å². The fraction of sp³-hybridized carbons (Fsp3) is 0.552. The molecule has 2 fully saturated rings. The molecule has 1 amide bonds. The van der Waals surface area contributed by atoms with Crippen LogP contribution in [0.2, 0.25) is 0 Å². The maximum atomic E-state index is 13.3. The molecule has 2 aliphatic heterocycles. The fourth-order valence-corrected chi connectivity index (χ4v) is 5.58. The van der Waals surface area contributed by atoms with Crippen LogP contribution in [0.4, 0.5) is 0 Å². The lowest BCUT2D eigenvalue weighted by Crippen LogP contribution is -2.48. The van der Waals surface area contributed by atoms with Gasteiger partial charge in [-0.1, -0.05) is 30.3 Å². The SMILES string of the molecule is CC(N)C(=O)NC(Cc1cncn1CCC(=O)OCC(C(=O)OC1CC2CCC(C1)N2C)c1ccccc1)C(=O)O. The molecule has 2 aromatic rings. The molecule has 0 radical (unpaired) electrons. The Labute approximate surface area is 239 Å². The smallest absolute Gasteiger partial charge is 0.326 e. The number of rotatable bonds is 13. The Morgan fingerprint density at radius 3 is 2.46 bits per heavy atom. The Kier molecular flexibility index (Phi) is 10.1. The summed E-state index contributed by atoms with van der Waals surface area (Å²) >= 11 is 0. The van der Waals surface area contributed by atoms with Crippen molar-refractivity contribution in [3.05, 3.63) is 54.1 Å². The summed E-state index contributed by atoms with van der Waals surface area (Å²) in [5.74, 6) is -3.45. The number of aromatic nitrogens is 2. The molecule has 3 heterocycles. The number of carboxylic acids is 1. The van der Waals surface area contributed by atoms with Gasteiger partial charge in [-0.2, -0.15) is 0 Å². The van der Waals surface area contributed by atoms with Gasteiger partial charge in [0.2, 0.25) is 5.91 Å². The number of amides is 1. The summed E-state index contributed by atoms with van der Waals surface area (Å²) < 4.78 is 13.1. The number of imidazole rings is 1. The molecule has 1 aromatic heterocycles. The second kappa shape index (κ2) is 13.7. The number of carbonyl (C=O) groups is 4.